The van der Waals surface area contributed by atoms with Gasteiger partial charge in [0.25, 0.3) is 5.91 Å². The van der Waals surface area contributed by atoms with Gasteiger partial charge in [-0.05, 0) is 68.7 Å². The van der Waals surface area contributed by atoms with Gasteiger partial charge in [-0.1, -0.05) is 25.9 Å². The molecule has 0 aliphatic carbocycles. The molecule has 2 amide bonds. The fourth-order valence-electron chi connectivity index (χ4n) is 4.57. The zero-order valence-electron chi connectivity index (χ0n) is 21.2. The van der Waals surface area contributed by atoms with Crippen LogP contribution in [-0.2, 0) is 10.2 Å². The van der Waals surface area contributed by atoms with Gasteiger partial charge < -0.3 is 24.8 Å². The number of benzene rings is 1. The zero-order valence-corrected chi connectivity index (χ0v) is 21.2. The van der Waals surface area contributed by atoms with Crippen molar-refractivity contribution in [1.82, 2.24) is 20.8 Å². The highest BCUT2D eigenvalue weighted by molar-refractivity contribution is 5.99. The lowest BCUT2D eigenvalue weighted by Crippen LogP contribution is -2.40. The Kier molecular flexibility index (Phi) is 7.62. The topological polar surface area (TPSA) is 110 Å². The largest absolute Gasteiger partial charge is 0.494 e. The highest BCUT2D eigenvalue weighted by Crippen LogP contribution is 2.27. The van der Waals surface area contributed by atoms with E-state index in [0.29, 0.717) is 37.1 Å². The predicted molar refractivity (Wildman–Crippen MR) is 133 cm³/mol. The SMILES string of the molecule is Cc1cc(OCCCC2CCN(c3nc(C(C)(C)C)no3)CC2)ccc1C(=O)NC1CCNC1=O. The fourth-order valence-corrected chi connectivity index (χ4v) is 4.57. The first-order valence-corrected chi connectivity index (χ1v) is 12.6. The van der Waals surface area contributed by atoms with Crippen LogP contribution >= 0.6 is 0 Å². The first kappa shape index (κ1) is 25.0. The van der Waals surface area contributed by atoms with Gasteiger partial charge in [-0.3, -0.25) is 9.59 Å². The molecule has 2 saturated heterocycles. The van der Waals surface area contributed by atoms with Crippen LogP contribution in [0.25, 0.3) is 0 Å². The molecule has 1 aromatic carbocycles. The summed E-state index contributed by atoms with van der Waals surface area (Å²) in [5, 5.41) is 9.67. The Hall–Kier alpha value is -3.10. The van der Waals surface area contributed by atoms with Gasteiger partial charge in [-0.25, -0.2) is 0 Å². The number of carbonyl (C=O) groups is 2. The molecule has 2 aliphatic heterocycles. The number of aromatic nitrogens is 2. The van der Waals surface area contributed by atoms with E-state index in [1.54, 1.807) is 6.07 Å². The fraction of sp³-hybridized carbons (Fsp3) is 0.615. The Bertz CT molecular complexity index is 1040. The minimum atomic E-state index is -0.447. The summed E-state index contributed by atoms with van der Waals surface area (Å²) in [5.74, 6) is 1.83. The smallest absolute Gasteiger partial charge is 0.324 e. The van der Waals surface area contributed by atoms with Crippen molar-refractivity contribution in [3.63, 3.8) is 0 Å². The molecule has 9 nitrogen and oxygen atoms in total. The van der Waals surface area contributed by atoms with E-state index in [1.807, 2.05) is 19.1 Å². The van der Waals surface area contributed by atoms with E-state index in [4.69, 9.17) is 9.26 Å². The molecule has 9 heteroatoms. The maximum Gasteiger partial charge on any atom is 0.324 e. The molecule has 1 unspecified atom stereocenters. The highest BCUT2D eigenvalue weighted by Gasteiger charge is 2.27. The molecule has 0 spiro atoms. The predicted octanol–water partition coefficient (Wildman–Crippen LogP) is 3.37. The summed E-state index contributed by atoms with van der Waals surface area (Å²) in [6.07, 6.45) is 4.94. The molecular formula is C26H37N5O4. The summed E-state index contributed by atoms with van der Waals surface area (Å²) in [7, 11) is 0. The van der Waals surface area contributed by atoms with Crippen molar-refractivity contribution < 1.29 is 18.8 Å². The van der Waals surface area contributed by atoms with Crippen LogP contribution in [0.15, 0.2) is 22.7 Å². The summed E-state index contributed by atoms with van der Waals surface area (Å²) in [6, 6.07) is 5.67. The van der Waals surface area contributed by atoms with Crippen LogP contribution in [-0.4, -0.2) is 54.2 Å². The zero-order chi connectivity index (χ0) is 25.0. The average molecular weight is 484 g/mol. The molecule has 35 heavy (non-hydrogen) atoms. The van der Waals surface area contributed by atoms with Crippen LogP contribution in [0.2, 0.25) is 0 Å². The number of rotatable bonds is 8. The second kappa shape index (κ2) is 10.7. The highest BCUT2D eigenvalue weighted by atomic mass is 16.5. The number of carbonyl (C=O) groups excluding carboxylic acids is 2. The van der Waals surface area contributed by atoms with Gasteiger partial charge >= 0.3 is 6.01 Å². The molecule has 2 fully saturated rings. The number of amides is 2. The Balaban J connectivity index is 1.17. The number of anilines is 1. The van der Waals surface area contributed by atoms with Crippen LogP contribution in [0.1, 0.15) is 74.6 Å². The number of hydrogen-bond acceptors (Lipinski definition) is 7. The summed E-state index contributed by atoms with van der Waals surface area (Å²) in [4.78, 5) is 31.0. The second-order valence-corrected chi connectivity index (χ2v) is 10.7. The molecule has 1 aromatic heterocycles. The molecule has 3 heterocycles. The number of ether oxygens (including phenoxy) is 1. The summed E-state index contributed by atoms with van der Waals surface area (Å²) in [6.45, 7) is 11.3. The lowest BCUT2D eigenvalue weighted by molar-refractivity contribution is -0.120. The Morgan fingerprint density at radius 1 is 1.26 bits per heavy atom. The van der Waals surface area contributed by atoms with Gasteiger partial charge in [0, 0.05) is 30.6 Å². The van der Waals surface area contributed by atoms with Crippen molar-refractivity contribution in [3.8, 4) is 5.75 Å². The van der Waals surface area contributed by atoms with Gasteiger partial charge in [-0.2, -0.15) is 4.98 Å². The molecule has 0 radical (unpaired) electrons. The Labute approximate surface area is 207 Å². The normalized spacial score (nSPS) is 19.0. The molecule has 0 saturated carbocycles. The van der Waals surface area contributed by atoms with Crippen LogP contribution in [0.4, 0.5) is 6.01 Å². The molecule has 0 bridgehead atoms. The first-order chi connectivity index (χ1) is 16.7. The van der Waals surface area contributed by atoms with Crippen LogP contribution < -0.4 is 20.3 Å². The number of aryl methyl sites for hydroxylation is 1. The van der Waals surface area contributed by atoms with Gasteiger partial charge in [0.05, 0.1) is 6.61 Å². The maximum atomic E-state index is 12.5. The molecule has 2 N–H and O–H groups in total. The number of hydrogen-bond donors (Lipinski definition) is 2. The third-order valence-electron chi connectivity index (χ3n) is 6.79. The number of nitrogens with one attached hydrogen (secondary N) is 2. The monoisotopic (exact) mass is 483 g/mol. The minimum Gasteiger partial charge on any atom is -0.494 e. The van der Waals surface area contributed by atoms with Crippen molar-refractivity contribution in [2.45, 2.75) is 71.3 Å². The summed E-state index contributed by atoms with van der Waals surface area (Å²) in [5.41, 5.74) is 1.29. The number of piperidine rings is 1. The molecule has 2 aliphatic rings. The second-order valence-electron chi connectivity index (χ2n) is 10.7. The van der Waals surface area contributed by atoms with E-state index in [2.05, 4.69) is 46.4 Å². The average Bonchev–Trinajstić information content (AvgIpc) is 3.47. The quantitative estimate of drug-likeness (QED) is 0.554. The standard InChI is InChI=1S/C26H37N5O4/c1-17-16-19(7-8-20(17)22(32)28-21-9-12-27-23(21)33)34-15-5-6-18-10-13-31(14-11-18)25-29-24(30-35-25)26(2,3)4/h7-8,16,18,21H,5-6,9-15H2,1-4H3,(H,27,33)(H,28,32). The van der Waals surface area contributed by atoms with E-state index < -0.39 is 6.04 Å². The van der Waals surface area contributed by atoms with E-state index in [1.165, 1.54) is 0 Å². The van der Waals surface area contributed by atoms with Gasteiger partial charge in [-0.15, -0.1) is 0 Å². The summed E-state index contributed by atoms with van der Waals surface area (Å²) < 4.78 is 11.4. The third kappa shape index (κ3) is 6.32. The van der Waals surface area contributed by atoms with Gasteiger partial charge in [0.15, 0.2) is 5.82 Å². The van der Waals surface area contributed by atoms with Crippen molar-refractivity contribution in [2.75, 3.05) is 31.1 Å². The number of nitrogens with zero attached hydrogens (tertiary/aromatic N) is 3. The lowest BCUT2D eigenvalue weighted by Gasteiger charge is -2.30. The Morgan fingerprint density at radius 3 is 2.66 bits per heavy atom. The first-order valence-electron chi connectivity index (χ1n) is 12.6. The lowest BCUT2D eigenvalue weighted by atomic mass is 9.92. The molecule has 4 rings (SSSR count). The van der Waals surface area contributed by atoms with E-state index in [9.17, 15) is 9.59 Å². The van der Waals surface area contributed by atoms with Crippen LogP contribution in [0.5, 0.6) is 5.75 Å². The maximum absolute atomic E-state index is 12.5. The third-order valence-corrected chi connectivity index (χ3v) is 6.79. The minimum absolute atomic E-state index is 0.112. The van der Waals surface area contributed by atoms with E-state index in [0.717, 1.165) is 55.9 Å². The van der Waals surface area contributed by atoms with Crippen LogP contribution in [0, 0.1) is 12.8 Å². The molecule has 190 valence electrons. The molecule has 2 aromatic rings. The van der Waals surface area contributed by atoms with Crippen molar-refractivity contribution in [3.05, 3.63) is 35.2 Å². The van der Waals surface area contributed by atoms with Crippen molar-refractivity contribution in [2.24, 2.45) is 5.92 Å². The molecule has 1 atom stereocenters. The van der Waals surface area contributed by atoms with Crippen molar-refractivity contribution in [1.29, 1.82) is 0 Å². The van der Waals surface area contributed by atoms with Gasteiger partial charge in [0.1, 0.15) is 11.8 Å². The Morgan fingerprint density at radius 2 is 2.03 bits per heavy atom. The van der Waals surface area contributed by atoms with Crippen LogP contribution in [0.3, 0.4) is 0 Å². The van der Waals surface area contributed by atoms with Crippen molar-refractivity contribution >= 4 is 17.8 Å². The van der Waals surface area contributed by atoms with E-state index >= 15 is 0 Å². The van der Waals surface area contributed by atoms with Gasteiger partial charge in [0.2, 0.25) is 5.91 Å². The molecular weight excluding hydrogens is 446 g/mol. The summed E-state index contributed by atoms with van der Waals surface area (Å²) >= 11 is 0. The van der Waals surface area contributed by atoms with E-state index in [-0.39, 0.29) is 17.2 Å².